The first kappa shape index (κ1) is 21.2. The fourth-order valence-electron chi connectivity index (χ4n) is 2.17. The Kier molecular flexibility index (Phi) is 7.69. The van der Waals surface area contributed by atoms with Crippen LogP contribution in [0.25, 0.3) is 0 Å². The Bertz CT molecular complexity index is 551. The molecule has 0 amide bonds. The van der Waals surface area contributed by atoms with Gasteiger partial charge in [-0.25, -0.2) is 0 Å². The maximum Gasteiger partial charge on any atom is 0.416 e. The summed E-state index contributed by atoms with van der Waals surface area (Å²) in [7, 11) is 0. The van der Waals surface area contributed by atoms with E-state index in [-0.39, 0.29) is 11.3 Å². The molecule has 0 spiro atoms. The van der Waals surface area contributed by atoms with Crippen molar-refractivity contribution in [3.8, 4) is 0 Å². The van der Waals surface area contributed by atoms with Crippen molar-refractivity contribution in [3.63, 3.8) is 0 Å². The van der Waals surface area contributed by atoms with E-state index in [4.69, 9.17) is 5.73 Å². The molecule has 1 aromatic carbocycles. The number of nitrogens with two attached hydrogens (primary N) is 1. The number of nitrogens with one attached hydrogen (secondary N) is 1. The Labute approximate surface area is 146 Å². The van der Waals surface area contributed by atoms with E-state index in [2.05, 4.69) is 15.0 Å². The highest BCUT2D eigenvalue weighted by atomic mass is 19.4. The number of alkyl halides is 3. The van der Waals surface area contributed by atoms with Crippen LogP contribution in [0.3, 0.4) is 0 Å². The van der Waals surface area contributed by atoms with Gasteiger partial charge in [0.2, 0.25) is 0 Å². The highest BCUT2D eigenvalue weighted by Gasteiger charge is 2.30. The third kappa shape index (κ3) is 8.22. The number of carbonyl (C=O) groups excluding carboxylic acids is 1. The fraction of sp³-hybridized carbons (Fsp3) is 0.588. The van der Waals surface area contributed by atoms with Gasteiger partial charge >= 0.3 is 6.18 Å². The minimum atomic E-state index is -4.33. The quantitative estimate of drug-likeness (QED) is 0.640. The van der Waals surface area contributed by atoms with E-state index in [1.165, 1.54) is 6.07 Å². The van der Waals surface area contributed by atoms with Gasteiger partial charge in [0.25, 0.3) is 6.47 Å². The Morgan fingerprint density at radius 1 is 1.24 bits per heavy atom. The van der Waals surface area contributed by atoms with E-state index >= 15 is 0 Å². The van der Waals surface area contributed by atoms with E-state index in [1.807, 2.05) is 20.8 Å². The number of nitrogen functional groups attached to an aromatic ring is 1. The summed E-state index contributed by atoms with van der Waals surface area (Å²) in [6.07, 6.45) is -4.33. The molecule has 1 saturated heterocycles. The summed E-state index contributed by atoms with van der Waals surface area (Å²) in [6, 6.07) is 3.58. The topological polar surface area (TPSA) is 67.6 Å². The average Bonchev–Trinajstić information content (AvgIpc) is 2.49. The lowest BCUT2D eigenvalue weighted by atomic mass is 10.1. The first-order chi connectivity index (χ1) is 11.5. The zero-order valence-electron chi connectivity index (χ0n) is 14.8. The lowest BCUT2D eigenvalue weighted by Gasteiger charge is -2.27. The molecule has 1 fully saturated rings. The van der Waals surface area contributed by atoms with Gasteiger partial charge in [-0.3, -0.25) is 9.69 Å². The van der Waals surface area contributed by atoms with Gasteiger partial charge < -0.3 is 15.8 Å². The van der Waals surface area contributed by atoms with Gasteiger partial charge in [0.05, 0.1) is 5.56 Å². The molecular formula is C17H26F3N3O2. The number of halogens is 3. The molecule has 142 valence electrons. The summed E-state index contributed by atoms with van der Waals surface area (Å²) in [6.45, 7) is 10.1. The van der Waals surface area contributed by atoms with Crippen LogP contribution in [0.15, 0.2) is 18.2 Å². The summed E-state index contributed by atoms with van der Waals surface area (Å²) >= 11 is 0. The van der Waals surface area contributed by atoms with Crippen molar-refractivity contribution in [1.82, 2.24) is 10.2 Å². The molecule has 0 aromatic heterocycles. The zero-order chi connectivity index (χ0) is 19.1. The van der Waals surface area contributed by atoms with Gasteiger partial charge in [0.1, 0.15) is 5.60 Å². The van der Waals surface area contributed by atoms with Crippen molar-refractivity contribution in [3.05, 3.63) is 29.3 Å². The lowest BCUT2D eigenvalue weighted by Crippen LogP contribution is -2.43. The minimum absolute atomic E-state index is 0.211. The molecule has 25 heavy (non-hydrogen) atoms. The summed E-state index contributed by atoms with van der Waals surface area (Å²) in [5.74, 6) is 0. The van der Waals surface area contributed by atoms with Crippen molar-refractivity contribution in [2.45, 2.75) is 39.1 Å². The predicted octanol–water partition coefficient (Wildman–Crippen LogP) is 2.65. The average molecular weight is 361 g/mol. The van der Waals surface area contributed by atoms with Crippen molar-refractivity contribution < 1.29 is 22.7 Å². The summed E-state index contributed by atoms with van der Waals surface area (Å²) < 4.78 is 42.0. The predicted molar refractivity (Wildman–Crippen MR) is 90.9 cm³/mol. The Morgan fingerprint density at radius 2 is 1.84 bits per heavy atom. The summed E-state index contributed by atoms with van der Waals surface area (Å²) in [5.41, 5.74) is 5.65. The van der Waals surface area contributed by atoms with Crippen LogP contribution in [0.5, 0.6) is 0 Å². The molecule has 0 radical (unpaired) electrons. The monoisotopic (exact) mass is 361 g/mol. The second-order valence-electron chi connectivity index (χ2n) is 6.76. The Balaban J connectivity index is 0.000000381. The SMILES string of the molecule is CC(C)(C)OC=O.Nc1cc(C(F)(F)F)ccc1CN1CCNCC1. The van der Waals surface area contributed by atoms with Crippen LogP contribution in [-0.2, 0) is 22.3 Å². The number of piperazine rings is 1. The number of ether oxygens (including phenoxy) is 1. The zero-order valence-corrected chi connectivity index (χ0v) is 14.8. The van der Waals surface area contributed by atoms with Crippen molar-refractivity contribution >= 4 is 12.2 Å². The van der Waals surface area contributed by atoms with Crippen molar-refractivity contribution in [1.29, 1.82) is 0 Å². The molecule has 0 atom stereocenters. The molecule has 0 aliphatic carbocycles. The standard InChI is InChI=1S/C12H16F3N3.C5H10O2/c13-12(14,15)10-2-1-9(11(16)7-10)8-18-5-3-17-4-6-18;1-5(2,3)7-4-6/h1-2,7,17H,3-6,8,16H2;4H,1-3H3. The summed E-state index contributed by atoms with van der Waals surface area (Å²) in [4.78, 5) is 11.8. The van der Waals surface area contributed by atoms with Gasteiger partial charge in [-0.05, 0) is 38.5 Å². The largest absolute Gasteiger partial charge is 0.462 e. The molecule has 8 heteroatoms. The van der Waals surface area contributed by atoms with Crippen LogP contribution in [0.2, 0.25) is 0 Å². The van der Waals surface area contributed by atoms with Crippen LogP contribution >= 0.6 is 0 Å². The third-order valence-corrected chi connectivity index (χ3v) is 3.48. The summed E-state index contributed by atoms with van der Waals surface area (Å²) in [5, 5.41) is 3.22. The first-order valence-electron chi connectivity index (χ1n) is 8.03. The molecule has 1 aromatic rings. The fourth-order valence-corrected chi connectivity index (χ4v) is 2.17. The van der Waals surface area contributed by atoms with Crippen molar-refractivity contribution in [2.24, 2.45) is 0 Å². The van der Waals surface area contributed by atoms with Crippen LogP contribution in [0, 0.1) is 0 Å². The van der Waals surface area contributed by atoms with Crippen LogP contribution in [0.1, 0.15) is 31.9 Å². The van der Waals surface area contributed by atoms with Crippen LogP contribution in [0.4, 0.5) is 18.9 Å². The molecule has 2 rings (SSSR count). The van der Waals surface area contributed by atoms with Gasteiger partial charge in [0.15, 0.2) is 0 Å². The highest BCUT2D eigenvalue weighted by molar-refractivity contribution is 5.49. The number of hydrogen-bond donors (Lipinski definition) is 2. The molecule has 1 aliphatic heterocycles. The van der Waals surface area contributed by atoms with E-state index in [1.54, 1.807) is 0 Å². The van der Waals surface area contributed by atoms with Crippen LogP contribution in [-0.4, -0.2) is 43.2 Å². The van der Waals surface area contributed by atoms with Crippen LogP contribution < -0.4 is 11.1 Å². The molecule has 5 nitrogen and oxygen atoms in total. The molecular weight excluding hydrogens is 335 g/mol. The van der Waals surface area contributed by atoms with Gasteiger partial charge in [-0.1, -0.05) is 6.07 Å². The second kappa shape index (κ2) is 9.05. The first-order valence-corrected chi connectivity index (χ1v) is 8.03. The van der Waals surface area contributed by atoms with E-state index in [0.717, 1.165) is 43.9 Å². The Morgan fingerprint density at radius 3 is 2.24 bits per heavy atom. The maximum atomic E-state index is 12.5. The van der Waals surface area contributed by atoms with Crippen molar-refractivity contribution in [2.75, 3.05) is 31.9 Å². The second-order valence-corrected chi connectivity index (χ2v) is 6.76. The molecule has 0 bridgehead atoms. The normalized spacial score (nSPS) is 15.9. The molecule has 0 saturated carbocycles. The molecule has 3 N–H and O–H groups in total. The number of nitrogens with zero attached hydrogens (tertiary/aromatic N) is 1. The smallest absolute Gasteiger partial charge is 0.416 e. The Hall–Kier alpha value is -1.80. The number of anilines is 1. The molecule has 0 unspecified atom stereocenters. The van der Waals surface area contributed by atoms with E-state index < -0.39 is 11.7 Å². The number of rotatable bonds is 3. The third-order valence-electron chi connectivity index (χ3n) is 3.48. The lowest BCUT2D eigenvalue weighted by molar-refractivity contribution is -0.139. The molecule has 1 aliphatic rings. The minimum Gasteiger partial charge on any atom is -0.462 e. The number of hydrogen-bond acceptors (Lipinski definition) is 5. The van der Waals surface area contributed by atoms with E-state index in [9.17, 15) is 18.0 Å². The van der Waals surface area contributed by atoms with E-state index in [0.29, 0.717) is 13.0 Å². The molecule has 1 heterocycles. The van der Waals surface area contributed by atoms with Gasteiger partial charge in [0, 0.05) is 38.4 Å². The van der Waals surface area contributed by atoms with Gasteiger partial charge in [-0.15, -0.1) is 0 Å². The van der Waals surface area contributed by atoms with Gasteiger partial charge in [-0.2, -0.15) is 13.2 Å². The maximum absolute atomic E-state index is 12.5. The number of benzene rings is 1. The highest BCUT2D eigenvalue weighted by Crippen LogP contribution is 2.31. The number of carbonyl (C=O) groups is 1.